The number of carbonyl (C=O) groups is 1. The number of piperidine rings is 1. The molecule has 6 heteroatoms. The maximum atomic E-state index is 12.2. The minimum Gasteiger partial charge on any atom is -0.492 e. The first-order valence-electron chi connectivity index (χ1n) is 8.77. The monoisotopic (exact) mass is 332 g/mol. The largest absolute Gasteiger partial charge is 0.492 e. The molecule has 24 heavy (non-hydrogen) atoms. The van der Waals surface area contributed by atoms with E-state index in [1.165, 1.54) is 6.42 Å². The number of benzene rings is 1. The van der Waals surface area contributed by atoms with Gasteiger partial charge in [0.25, 0.3) is 0 Å². The summed E-state index contributed by atoms with van der Waals surface area (Å²) in [4.78, 5) is 18.5. The van der Waals surface area contributed by atoms with Crippen molar-refractivity contribution in [3.05, 3.63) is 30.3 Å². The molecule has 0 radical (unpaired) electrons. The van der Waals surface area contributed by atoms with Crippen LogP contribution in [0.3, 0.4) is 0 Å². The van der Waals surface area contributed by atoms with Gasteiger partial charge in [0, 0.05) is 19.6 Å². The van der Waals surface area contributed by atoms with E-state index >= 15 is 0 Å². The maximum absolute atomic E-state index is 12.2. The summed E-state index contributed by atoms with van der Waals surface area (Å²) in [5.41, 5.74) is 0. The van der Waals surface area contributed by atoms with Crippen molar-refractivity contribution >= 4 is 11.9 Å². The summed E-state index contributed by atoms with van der Waals surface area (Å²) in [5.74, 6) is 1.61. The van der Waals surface area contributed by atoms with Crippen molar-refractivity contribution in [1.29, 1.82) is 0 Å². The van der Waals surface area contributed by atoms with E-state index in [-0.39, 0.29) is 12.5 Å². The predicted molar refractivity (Wildman–Crippen MR) is 96.3 cm³/mol. The fourth-order valence-corrected chi connectivity index (χ4v) is 2.59. The second-order valence-electron chi connectivity index (χ2n) is 5.72. The first-order valence-corrected chi connectivity index (χ1v) is 8.77. The van der Waals surface area contributed by atoms with Crippen molar-refractivity contribution in [2.75, 3.05) is 39.3 Å². The van der Waals surface area contributed by atoms with Gasteiger partial charge in [-0.15, -0.1) is 0 Å². The Labute approximate surface area is 144 Å². The fraction of sp³-hybridized carbons (Fsp3) is 0.556. The minimum absolute atomic E-state index is 0.104. The Balaban J connectivity index is 1.72. The summed E-state index contributed by atoms with van der Waals surface area (Å²) in [7, 11) is 0. The highest BCUT2D eigenvalue weighted by molar-refractivity contribution is 5.85. The molecule has 2 rings (SSSR count). The molecule has 6 nitrogen and oxygen atoms in total. The van der Waals surface area contributed by atoms with Crippen LogP contribution in [0.5, 0.6) is 5.75 Å². The van der Waals surface area contributed by atoms with Crippen LogP contribution in [0.4, 0.5) is 0 Å². The van der Waals surface area contributed by atoms with Gasteiger partial charge < -0.3 is 20.3 Å². The average molecular weight is 332 g/mol. The first kappa shape index (κ1) is 18.1. The molecule has 0 aliphatic carbocycles. The lowest BCUT2D eigenvalue weighted by Gasteiger charge is -2.26. The van der Waals surface area contributed by atoms with Crippen molar-refractivity contribution in [3.8, 4) is 5.75 Å². The zero-order valence-corrected chi connectivity index (χ0v) is 14.5. The molecule has 0 aromatic heterocycles. The fourth-order valence-electron chi connectivity index (χ4n) is 2.59. The van der Waals surface area contributed by atoms with Crippen molar-refractivity contribution in [1.82, 2.24) is 15.5 Å². The average Bonchev–Trinajstić information content (AvgIpc) is 2.64. The summed E-state index contributed by atoms with van der Waals surface area (Å²) in [5, 5.41) is 6.34. The van der Waals surface area contributed by atoms with E-state index < -0.39 is 0 Å². The molecule has 1 aromatic carbocycles. The van der Waals surface area contributed by atoms with Crippen LogP contribution in [0.1, 0.15) is 26.2 Å². The van der Waals surface area contributed by atoms with Crippen LogP contribution in [-0.2, 0) is 4.79 Å². The Morgan fingerprint density at radius 3 is 2.62 bits per heavy atom. The summed E-state index contributed by atoms with van der Waals surface area (Å²) in [6.07, 6.45) is 3.42. The smallest absolute Gasteiger partial charge is 0.244 e. The summed E-state index contributed by atoms with van der Waals surface area (Å²) >= 11 is 0. The van der Waals surface area contributed by atoms with Crippen LogP contribution >= 0.6 is 0 Å². The third kappa shape index (κ3) is 6.48. The molecule has 1 saturated heterocycles. The predicted octanol–water partition coefficient (Wildman–Crippen LogP) is 1.63. The van der Waals surface area contributed by atoms with E-state index in [0.717, 1.165) is 38.2 Å². The van der Waals surface area contributed by atoms with Gasteiger partial charge in [0.05, 0.1) is 6.54 Å². The van der Waals surface area contributed by atoms with Crippen LogP contribution < -0.4 is 15.4 Å². The van der Waals surface area contributed by atoms with Crippen molar-refractivity contribution < 1.29 is 9.53 Å². The Bertz CT molecular complexity index is 513. The van der Waals surface area contributed by atoms with Crippen LogP contribution in [0, 0.1) is 0 Å². The zero-order valence-electron chi connectivity index (χ0n) is 14.5. The standard InChI is InChI=1S/C18H28N4O2/c1-2-19-18(20-11-14-24-16-9-5-3-6-10-16)21-15-17(23)22-12-7-4-8-13-22/h3,5-6,9-10H,2,4,7-8,11-15H2,1H3,(H2,19,20,21). The highest BCUT2D eigenvalue weighted by atomic mass is 16.5. The molecule has 0 atom stereocenters. The number of aliphatic imine (C=N–C) groups is 1. The molecule has 0 saturated carbocycles. The summed E-state index contributed by atoms with van der Waals surface area (Å²) < 4.78 is 5.63. The molecular formula is C18H28N4O2. The van der Waals surface area contributed by atoms with Crippen molar-refractivity contribution in [3.63, 3.8) is 0 Å². The number of amides is 1. The second kappa shape index (κ2) is 10.5. The van der Waals surface area contributed by atoms with Crippen LogP contribution in [0.25, 0.3) is 0 Å². The van der Waals surface area contributed by atoms with Gasteiger partial charge in [-0.05, 0) is 38.3 Å². The second-order valence-corrected chi connectivity index (χ2v) is 5.72. The number of carbonyl (C=O) groups excluding carboxylic acids is 1. The maximum Gasteiger partial charge on any atom is 0.244 e. The molecule has 2 N–H and O–H groups in total. The van der Waals surface area contributed by atoms with Crippen LogP contribution in [-0.4, -0.2) is 56.1 Å². The molecular weight excluding hydrogens is 304 g/mol. The number of guanidine groups is 1. The van der Waals surface area contributed by atoms with Gasteiger partial charge in [-0.2, -0.15) is 0 Å². The first-order chi connectivity index (χ1) is 11.8. The van der Waals surface area contributed by atoms with Gasteiger partial charge in [-0.3, -0.25) is 4.79 Å². The molecule has 132 valence electrons. The number of ether oxygens (including phenoxy) is 1. The number of hydrogen-bond donors (Lipinski definition) is 2. The van der Waals surface area contributed by atoms with E-state index in [0.29, 0.717) is 19.1 Å². The molecule has 0 unspecified atom stereocenters. The molecule has 1 fully saturated rings. The Morgan fingerprint density at radius 2 is 1.92 bits per heavy atom. The number of nitrogens with zero attached hydrogens (tertiary/aromatic N) is 2. The Morgan fingerprint density at radius 1 is 1.17 bits per heavy atom. The SMILES string of the molecule is CCNC(=NCC(=O)N1CCCCC1)NCCOc1ccccc1. The molecule has 1 amide bonds. The lowest BCUT2D eigenvalue weighted by Crippen LogP contribution is -2.41. The van der Waals surface area contributed by atoms with E-state index in [4.69, 9.17) is 4.74 Å². The quantitative estimate of drug-likeness (QED) is 0.452. The number of para-hydroxylation sites is 1. The minimum atomic E-state index is 0.104. The van der Waals surface area contributed by atoms with Gasteiger partial charge >= 0.3 is 0 Å². The number of nitrogens with one attached hydrogen (secondary N) is 2. The summed E-state index contributed by atoms with van der Waals surface area (Å²) in [6.45, 7) is 5.84. The van der Waals surface area contributed by atoms with Crippen molar-refractivity contribution in [2.24, 2.45) is 4.99 Å². The zero-order chi connectivity index (χ0) is 17.0. The van der Waals surface area contributed by atoms with Gasteiger partial charge in [-0.1, -0.05) is 18.2 Å². The molecule has 1 aliphatic rings. The number of rotatable bonds is 7. The number of hydrogen-bond acceptors (Lipinski definition) is 3. The highest BCUT2D eigenvalue weighted by Gasteiger charge is 2.15. The van der Waals surface area contributed by atoms with E-state index in [9.17, 15) is 4.79 Å². The van der Waals surface area contributed by atoms with Gasteiger partial charge in [-0.25, -0.2) is 4.99 Å². The van der Waals surface area contributed by atoms with Crippen LogP contribution in [0.2, 0.25) is 0 Å². The summed E-state index contributed by atoms with van der Waals surface area (Å²) in [6, 6.07) is 9.70. The highest BCUT2D eigenvalue weighted by Crippen LogP contribution is 2.09. The molecule has 1 aromatic rings. The lowest BCUT2D eigenvalue weighted by atomic mass is 10.1. The van der Waals surface area contributed by atoms with Gasteiger partial charge in [0.2, 0.25) is 5.91 Å². The molecule has 1 heterocycles. The van der Waals surface area contributed by atoms with E-state index in [2.05, 4.69) is 15.6 Å². The molecule has 0 bridgehead atoms. The Kier molecular flexibility index (Phi) is 7.93. The van der Waals surface area contributed by atoms with Gasteiger partial charge in [0.15, 0.2) is 5.96 Å². The molecule has 1 aliphatic heterocycles. The van der Waals surface area contributed by atoms with E-state index in [1.54, 1.807) is 0 Å². The normalized spacial score (nSPS) is 15.0. The molecule has 0 spiro atoms. The lowest BCUT2D eigenvalue weighted by molar-refractivity contribution is -0.130. The van der Waals surface area contributed by atoms with Crippen LogP contribution in [0.15, 0.2) is 35.3 Å². The third-order valence-corrected chi connectivity index (χ3v) is 3.83. The van der Waals surface area contributed by atoms with Crippen molar-refractivity contribution in [2.45, 2.75) is 26.2 Å². The number of likely N-dealkylation sites (tertiary alicyclic amines) is 1. The van der Waals surface area contributed by atoms with Gasteiger partial charge in [0.1, 0.15) is 18.9 Å². The third-order valence-electron chi connectivity index (χ3n) is 3.83. The topological polar surface area (TPSA) is 66.0 Å². The Hall–Kier alpha value is -2.24. The van der Waals surface area contributed by atoms with E-state index in [1.807, 2.05) is 42.2 Å².